The Morgan fingerprint density at radius 2 is 1.07 bits per heavy atom. The molecular formula is C41H27NO. The number of fused-ring (bicyclic) bond motifs is 11. The first-order chi connectivity index (χ1) is 21.3. The van der Waals surface area contributed by atoms with Gasteiger partial charge in [-0.15, -0.1) is 0 Å². The molecule has 2 aliphatic rings. The molecule has 2 nitrogen and oxygen atoms in total. The first kappa shape index (κ1) is 24.0. The fourth-order valence-corrected chi connectivity index (χ4v) is 7.25. The second kappa shape index (κ2) is 9.20. The minimum atomic E-state index is -0.505. The average Bonchev–Trinajstić information content (AvgIpc) is 3.37. The maximum absolute atomic E-state index is 6.85. The number of rotatable bonds is 3. The van der Waals surface area contributed by atoms with Gasteiger partial charge in [-0.1, -0.05) is 127 Å². The van der Waals surface area contributed by atoms with Crippen LogP contribution in [0.3, 0.4) is 0 Å². The van der Waals surface area contributed by atoms with Gasteiger partial charge in [0.05, 0.1) is 5.41 Å². The number of hydrogen-bond donors (Lipinski definition) is 1. The molecule has 0 aromatic heterocycles. The van der Waals surface area contributed by atoms with Crippen LogP contribution in [0.1, 0.15) is 22.3 Å². The van der Waals surface area contributed by atoms with E-state index in [0.29, 0.717) is 0 Å². The van der Waals surface area contributed by atoms with E-state index < -0.39 is 5.41 Å². The molecule has 43 heavy (non-hydrogen) atoms. The molecule has 2 heteroatoms. The maximum Gasteiger partial charge on any atom is 0.140 e. The van der Waals surface area contributed by atoms with E-state index in [9.17, 15) is 0 Å². The van der Waals surface area contributed by atoms with Gasteiger partial charge in [0.2, 0.25) is 0 Å². The van der Waals surface area contributed by atoms with Crippen molar-refractivity contribution in [1.29, 1.82) is 0 Å². The minimum absolute atomic E-state index is 0.505. The van der Waals surface area contributed by atoms with Gasteiger partial charge in [-0.2, -0.15) is 0 Å². The fraction of sp³-hybridized carbons (Fsp3) is 0.0244. The van der Waals surface area contributed by atoms with Gasteiger partial charge in [-0.3, -0.25) is 0 Å². The standard InChI is InChI=1S/C41H27NO/c1-2-10-27(11-3-1)28-18-21-30(22-19-28)42-31-23-25-39-38(26-31)41(37-24-20-29-12-4-5-13-32(29)40(37)43-39)35-16-8-6-14-33(35)34-15-7-9-17-36(34)41/h1-26,42H. The van der Waals surface area contributed by atoms with Crippen LogP contribution in [-0.4, -0.2) is 0 Å². The third kappa shape index (κ3) is 3.47. The van der Waals surface area contributed by atoms with Gasteiger partial charge in [-0.25, -0.2) is 0 Å². The second-order valence-corrected chi connectivity index (χ2v) is 11.4. The second-order valence-electron chi connectivity index (χ2n) is 11.4. The summed E-state index contributed by atoms with van der Waals surface area (Å²) in [6, 6.07) is 56.5. The highest BCUT2D eigenvalue weighted by Gasteiger charge is 2.51. The van der Waals surface area contributed by atoms with Gasteiger partial charge in [0.15, 0.2) is 0 Å². The molecule has 0 fully saturated rings. The van der Waals surface area contributed by atoms with E-state index in [1.54, 1.807) is 0 Å². The lowest BCUT2D eigenvalue weighted by molar-refractivity contribution is 0.442. The van der Waals surface area contributed by atoms with E-state index in [4.69, 9.17) is 4.74 Å². The van der Waals surface area contributed by atoms with E-state index in [0.717, 1.165) is 33.8 Å². The van der Waals surface area contributed by atoms with Crippen molar-refractivity contribution < 1.29 is 4.74 Å². The Morgan fingerprint density at radius 1 is 0.442 bits per heavy atom. The van der Waals surface area contributed by atoms with Gasteiger partial charge >= 0.3 is 0 Å². The third-order valence-electron chi connectivity index (χ3n) is 9.11. The van der Waals surface area contributed by atoms with Crippen molar-refractivity contribution in [1.82, 2.24) is 0 Å². The van der Waals surface area contributed by atoms with Crippen molar-refractivity contribution >= 4 is 22.1 Å². The zero-order valence-electron chi connectivity index (χ0n) is 23.4. The first-order valence-corrected chi connectivity index (χ1v) is 14.8. The van der Waals surface area contributed by atoms with E-state index in [2.05, 4.69) is 157 Å². The topological polar surface area (TPSA) is 21.3 Å². The molecule has 1 heterocycles. The molecule has 7 aromatic rings. The van der Waals surface area contributed by atoms with Gasteiger partial charge < -0.3 is 10.1 Å². The van der Waals surface area contributed by atoms with E-state index in [1.165, 1.54) is 44.3 Å². The van der Waals surface area contributed by atoms with Crippen LogP contribution in [0.2, 0.25) is 0 Å². The summed E-state index contributed by atoms with van der Waals surface area (Å²) in [5.74, 6) is 1.83. The summed E-state index contributed by atoms with van der Waals surface area (Å²) in [7, 11) is 0. The Labute approximate surface area is 250 Å². The van der Waals surface area contributed by atoms with E-state index in [1.807, 2.05) is 6.07 Å². The molecule has 0 unspecified atom stereocenters. The van der Waals surface area contributed by atoms with Crippen LogP contribution in [0.4, 0.5) is 11.4 Å². The van der Waals surface area contributed by atoms with Crippen molar-refractivity contribution in [2.75, 3.05) is 5.32 Å². The van der Waals surface area contributed by atoms with Crippen molar-refractivity contribution in [3.63, 3.8) is 0 Å². The van der Waals surface area contributed by atoms with Crippen LogP contribution in [-0.2, 0) is 5.41 Å². The van der Waals surface area contributed by atoms with Crippen LogP contribution in [0.5, 0.6) is 11.5 Å². The summed E-state index contributed by atoms with van der Waals surface area (Å²) in [4.78, 5) is 0. The Hall–Kier alpha value is -5.60. The molecule has 202 valence electrons. The molecule has 0 bridgehead atoms. The van der Waals surface area contributed by atoms with Crippen molar-refractivity contribution in [2.24, 2.45) is 0 Å². The zero-order chi connectivity index (χ0) is 28.4. The molecular weight excluding hydrogens is 522 g/mol. The van der Waals surface area contributed by atoms with Gasteiger partial charge in [0.1, 0.15) is 11.5 Å². The zero-order valence-corrected chi connectivity index (χ0v) is 23.4. The van der Waals surface area contributed by atoms with Crippen LogP contribution >= 0.6 is 0 Å². The Kier molecular flexibility index (Phi) is 5.15. The summed E-state index contributed by atoms with van der Waals surface area (Å²) in [6.45, 7) is 0. The van der Waals surface area contributed by atoms with Gasteiger partial charge in [0, 0.05) is 27.9 Å². The monoisotopic (exact) mass is 549 g/mol. The summed E-state index contributed by atoms with van der Waals surface area (Å²) >= 11 is 0. The van der Waals surface area contributed by atoms with Crippen molar-refractivity contribution in [3.05, 3.63) is 180 Å². The van der Waals surface area contributed by atoms with Crippen LogP contribution in [0.25, 0.3) is 33.0 Å². The highest BCUT2D eigenvalue weighted by atomic mass is 16.5. The average molecular weight is 550 g/mol. The molecule has 0 saturated carbocycles. The molecule has 1 N–H and O–H groups in total. The summed E-state index contributed by atoms with van der Waals surface area (Å²) in [5, 5.41) is 5.99. The lowest BCUT2D eigenvalue weighted by Gasteiger charge is -2.40. The van der Waals surface area contributed by atoms with E-state index >= 15 is 0 Å². The van der Waals surface area contributed by atoms with Crippen LogP contribution < -0.4 is 10.1 Å². The normalized spacial score (nSPS) is 13.5. The SMILES string of the molecule is c1ccc(-c2ccc(Nc3ccc4c(c3)C3(c5ccccc5-c5ccccc53)c3ccc5ccccc5c3O4)cc2)cc1. The molecule has 0 saturated heterocycles. The molecule has 1 aliphatic carbocycles. The lowest BCUT2D eigenvalue weighted by atomic mass is 9.65. The summed E-state index contributed by atoms with van der Waals surface area (Å²) in [6.07, 6.45) is 0. The van der Waals surface area contributed by atoms with Crippen LogP contribution in [0, 0.1) is 0 Å². The lowest BCUT2D eigenvalue weighted by Crippen LogP contribution is -2.32. The quantitative estimate of drug-likeness (QED) is 0.237. The Balaban J connectivity index is 1.25. The maximum atomic E-state index is 6.85. The summed E-state index contributed by atoms with van der Waals surface area (Å²) in [5.41, 5.74) is 11.5. The molecule has 1 aliphatic heterocycles. The third-order valence-corrected chi connectivity index (χ3v) is 9.11. The fourth-order valence-electron chi connectivity index (χ4n) is 7.25. The van der Waals surface area contributed by atoms with E-state index in [-0.39, 0.29) is 0 Å². The predicted octanol–water partition coefficient (Wildman–Crippen LogP) is 10.7. The Bertz CT molecular complexity index is 2130. The number of ether oxygens (including phenoxy) is 1. The number of hydrogen-bond acceptors (Lipinski definition) is 2. The van der Waals surface area contributed by atoms with Crippen LogP contribution in [0.15, 0.2) is 158 Å². The number of anilines is 2. The molecule has 7 aromatic carbocycles. The highest BCUT2D eigenvalue weighted by molar-refractivity contribution is 5.96. The summed E-state index contributed by atoms with van der Waals surface area (Å²) < 4.78 is 6.85. The Morgan fingerprint density at radius 3 is 1.84 bits per heavy atom. The highest BCUT2D eigenvalue weighted by Crippen LogP contribution is 2.63. The molecule has 9 rings (SSSR count). The molecule has 0 radical (unpaired) electrons. The van der Waals surface area contributed by atoms with Crippen molar-refractivity contribution in [3.8, 4) is 33.8 Å². The largest absolute Gasteiger partial charge is 0.456 e. The number of benzene rings is 7. The van der Waals surface area contributed by atoms with Gasteiger partial charge in [0.25, 0.3) is 0 Å². The first-order valence-electron chi connectivity index (χ1n) is 14.8. The molecule has 0 amide bonds. The predicted molar refractivity (Wildman–Crippen MR) is 176 cm³/mol. The smallest absolute Gasteiger partial charge is 0.140 e. The minimum Gasteiger partial charge on any atom is -0.456 e. The molecule has 1 spiro atoms. The van der Waals surface area contributed by atoms with Gasteiger partial charge in [-0.05, 0) is 69.1 Å². The molecule has 0 atom stereocenters. The number of nitrogens with one attached hydrogen (secondary N) is 1. The van der Waals surface area contributed by atoms with Crippen molar-refractivity contribution in [2.45, 2.75) is 5.41 Å².